The van der Waals surface area contributed by atoms with Crippen LogP contribution in [0, 0.1) is 0 Å². The van der Waals surface area contributed by atoms with Crippen molar-refractivity contribution in [2.24, 2.45) is 0 Å². The third-order valence-corrected chi connectivity index (χ3v) is 11.1. The van der Waals surface area contributed by atoms with Crippen molar-refractivity contribution in [2.45, 2.75) is 24.9 Å². The van der Waals surface area contributed by atoms with Gasteiger partial charge >= 0.3 is 0 Å². The van der Waals surface area contributed by atoms with Gasteiger partial charge in [0.25, 0.3) is 0 Å². The number of nitrogens with one attached hydrogen (secondary N) is 3. The fourth-order valence-electron chi connectivity index (χ4n) is 6.80. The van der Waals surface area contributed by atoms with Crippen LogP contribution >= 0.6 is 18.7 Å². The molecule has 7 rings (SSSR count). The molecule has 0 unspecified atom stereocenters. The molecule has 2 aromatic carbocycles. The Morgan fingerprint density at radius 2 is 1.84 bits per heavy atom. The molecule has 2 aromatic heterocycles. The number of aromatic nitrogens is 3. The van der Waals surface area contributed by atoms with E-state index in [-0.39, 0.29) is 0 Å². The van der Waals surface area contributed by atoms with Crippen LogP contribution in [-0.4, -0.2) is 104 Å². The van der Waals surface area contributed by atoms with Crippen molar-refractivity contribution < 1.29 is 14.0 Å². The van der Waals surface area contributed by atoms with Crippen molar-refractivity contribution in [3.05, 3.63) is 47.6 Å². The highest BCUT2D eigenvalue weighted by molar-refractivity contribution is 7.70. The van der Waals surface area contributed by atoms with Gasteiger partial charge < -0.3 is 39.5 Å². The Balaban J connectivity index is 1.16. The van der Waals surface area contributed by atoms with Crippen molar-refractivity contribution in [1.29, 1.82) is 0 Å². The molecule has 0 bridgehead atoms. The lowest BCUT2D eigenvalue weighted by Crippen LogP contribution is -2.57. The first kappa shape index (κ1) is 30.2. The molecule has 4 aromatic rings. The van der Waals surface area contributed by atoms with E-state index < -0.39 is 7.14 Å². The van der Waals surface area contributed by atoms with Gasteiger partial charge in [0.05, 0.1) is 40.6 Å². The van der Waals surface area contributed by atoms with Crippen molar-refractivity contribution in [3.63, 3.8) is 0 Å². The molecule has 2 atom stereocenters. The molecule has 0 spiro atoms. The van der Waals surface area contributed by atoms with Crippen LogP contribution in [0.25, 0.3) is 11.0 Å². The van der Waals surface area contributed by atoms with E-state index in [1.165, 1.54) is 0 Å². The minimum atomic E-state index is -2.56. The lowest BCUT2D eigenvalue weighted by Gasteiger charge is -2.48. The second-order valence-corrected chi connectivity index (χ2v) is 16.2. The maximum Gasteiger partial charge on any atom is 0.231 e. The Kier molecular flexibility index (Phi) is 8.06. The number of fused-ring (bicyclic) bond motifs is 4. The number of rotatable bonds is 7. The minimum Gasteiger partial charge on any atom is -0.494 e. The van der Waals surface area contributed by atoms with Crippen molar-refractivity contribution >= 4 is 63.9 Å². The Bertz CT molecular complexity index is 1770. The monoisotopic (exact) mass is 650 g/mol. The van der Waals surface area contributed by atoms with Gasteiger partial charge in [-0.05, 0) is 45.4 Å². The molecule has 238 valence electrons. The zero-order valence-electron chi connectivity index (χ0n) is 26.1. The summed E-state index contributed by atoms with van der Waals surface area (Å²) in [6.07, 6.45) is 3.92. The molecule has 3 N–H and O–H groups in total. The van der Waals surface area contributed by atoms with Crippen molar-refractivity contribution in [2.75, 3.05) is 82.4 Å². The maximum atomic E-state index is 13.0. The molecule has 5 heterocycles. The van der Waals surface area contributed by atoms with Gasteiger partial charge in [-0.1, -0.05) is 23.7 Å². The molecule has 3 aliphatic heterocycles. The normalized spacial score (nSPS) is 20.8. The number of nitrogens with zero attached hydrogens (tertiary/aromatic N) is 5. The van der Waals surface area contributed by atoms with Gasteiger partial charge in [-0.15, -0.1) is 0 Å². The fraction of sp³-hybridized carbons (Fsp3) is 0.438. The molecule has 45 heavy (non-hydrogen) atoms. The standard InChI is InChI=1S/C32H40ClN8O3P/c1-39-11-13-40(14-12-39)20-9-10-41-21(15-20)19-44-27-16-24(26(43-2)17-25(27)41)36-32-37-30-29(22(33)18-34-30)31(38-32)35-23-7-5-6-8-28(23)45(3,4)42/h5-8,16-18,20-21H,9-15,19H2,1-4H3,(H3,34,35,36,37,38)/t20-,21-/m0/s1. The number of piperidine rings is 1. The van der Waals surface area contributed by atoms with E-state index in [1.807, 2.05) is 30.3 Å². The van der Waals surface area contributed by atoms with Crippen molar-refractivity contribution in [3.8, 4) is 11.5 Å². The van der Waals surface area contributed by atoms with E-state index in [4.69, 9.17) is 31.0 Å². The second-order valence-electron chi connectivity index (χ2n) is 12.6. The molecule has 13 heteroatoms. The quantitative estimate of drug-likeness (QED) is 0.227. The highest BCUT2D eigenvalue weighted by Gasteiger charge is 2.37. The summed E-state index contributed by atoms with van der Waals surface area (Å²) in [5, 5.41) is 8.60. The van der Waals surface area contributed by atoms with Crippen molar-refractivity contribution in [1.82, 2.24) is 24.8 Å². The van der Waals surface area contributed by atoms with Crippen LogP contribution in [0.2, 0.25) is 5.02 Å². The topological polar surface area (TPSA) is 111 Å². The van der Waals surface area contributed by atoms with E-state index in [2.05, 4.69) is 43.4 Å². The molecule has 2 fully saturated rings. The summed E-state index contributed by atoms with van der Waals surface area (Å²) >= 11 is 6.56. The van der Waals surface area contributed by atoms with Crippen LogP contribution in [0.1, 0.15) is 12.8 Å². The largest absolute Gasteiger partial charge is 0.494 e. The van der Waals surface area contributed by atoms with Gasteiger partial charge in [-0.2, -0.15) is 9.97 Å². The third-order valence-electron chi connectivity index (χ3n) is 9.23. The van der Waals surface area contributed by atoms with Crippen LogP contribution < -0.4 is 30.3 Å². The number of hydrogen-bond donors (Lipinski definition) is 3. The third kappa shape index (κ3) is 5.94. The molecule has 2 saturated heterocycles. The number of hydrogen-bond acceptors (Lipinski definition) is 10. The highest BCUT2D eigenvalue weighted by Crippen LogP contribution is 2.45. The Morgan fingerprint density at radius 1 is 1.04 bits per heavy atom. The highest BCUT2D eigenvalue weighted by atomic mass is 35.5. The predicted molar refractivity (Wildman–Crippen MR) is 183 cm³/mol. The zero-order chi connectivity index (χ0) is 31.3. The lowest BCUT2D eigenvalue weighted by atomic mass is 9.93. The van der Waals surface area contributed by atoms with Gasteiger partial charge in [0.2, 0.25) is 5.95 Å². The van der Waals surface area contributed by atoms with Gasteiger partial charge in [0, 0.05) is 62.4 Å². The van der Waals surface area contributed by atoms with Gasteiger partial charge in [0.1, 0.15) is 36.7 Å². The number of halogens is 1. The molecule has 11 nitrogen and oxygen atoms in total. The number of methoxy groups -OCH3 is 1. The predicted octanol–water partition coefficient (Wildman–Crippen LogP) is 5.33. The first-order chi connectivity index (χ1) is 21.7. The van der Waals surface area contributed by atoms with Crippen LogP contribution in [0.3, 0.4) is 0 Å². The molecular weight excluding hydrogens is 611 g/mol. The van der Waals surface area contributed by atoms with Crippen LogP contribution in [0.15, 0.2) is 42.6 Å². The Labute approximate surface area is 268 Å². The number of para-hydroxylation sites is 1. The number of H-pyrrole nitrogens is 1. The summed E-state index contributed by atoms with van der Waals surface area (Å²) in [5.41, 5.74) is 3.02. The lowest BCUT2D eigenvalue weighted by molar-refractivity contribution is 0.0822. The Hall–Kier alpha value is -3.50. The SMILES string of the molecule is COc1cc2c(cc1Nc1nc(Nc3ccccc3P(C)(C)=O)c3c(Cl)c[nH]c3n1)OC[C@@H]1C[C@@H](N3CCN(C)CC3)CCN21. The average molecular weight is 651 g/mol. The number of piperazine rings is 1. The van der Waals surface area contributed by atoms with E-state index in [0.29, 0.717) is 63.6 Å². The number of aromatic amines is 1. The minimum absolute atomic E-state index is 0.334. The Morgan fingerprint density at radius 3 is 2.62 bits per heavy atom. The van der Waals surface area contributed by atoms with Gasteiger partial charge in [0.15, 0.2) is 0 Å². The molecular formula is C32H40ClN8O3P. The molecule has 0 radical (unpaired) electrons. The molecule has 0 saturated carbocycles. The fourth-order valence-corrected chi connectivity index (χ4v) is 8.19. The van der Waals surface area contributed by atoms with Crippen LogP contribution in [0.4, 0.5) is 28.8 Å². The van der Waals surface area contributed by atoms with Gasteiger partial charge in [-0.25, -0.2) is 0 Å². The molecule has 3 aliphatic rings. The summed E-state index contributed by atoms with van der Waals surface area (Å²) in [5.74, 6) is 2.32. The van der Waals surface area contributed by atoms with E-state index in [0.717, 1.165) is 62.3 Å². The van der Waals surface area contributed by atoms with E-state index in [9.17, 15) is 4.57 Å². The summed E-state index contributed by atoms with van der Waals surface area (Å²) in [4.78, 5) is 20.2. The summed E-state index contributed by atoms with van der Waals surface area (Å²) in [6.45, 7) is 9.68. The first-order valence-electron chi connectivity index (χ1n) is 15.4. The number of ether oxygens (including phenoxy) is 2. The number of likely N-dealkylation sites (N-methyl/N-ethyl adjacent to an activating group) is 1. The maximum absolute atomic E-state index is 13.0. The molecule has 0 amide bonds. The van der Waals surface area contributed by atoms with E-state index in [1.54, 1.807) is 26.6 Å². The second kappa shape index (κ2) is 12.0. The first-order valence-corrected chi connectivity index (χ1v) is 18.4. The smallest absolute Gasteiger partial charge is 0.231 e. The number of anilines is 5. The zero-order valence-corrected chi connectivity index (χ0v) is 27.8. The summed E-state index contributed by atoms with van der Waals surface area (Å²) in [7, 11) is 1.31. The average Bonchev–Trinajstić information content (AvgIpc) is 3.41. The summed E-state index contributed by atoms with van der Waals surface area (Å²) < 4.78 is 25.3. The summed E-state index contributed by atoms with van der Waals surface area (Å²) in [6, 6.07) is 12.5. The van der Waals surface area contributed by atoms with Crippen LogP contribution in [-0.2, 0) is 4.57 Å². The van der Waals surface area contributed by atoms with Gasteiger partial charge in [-0.3, -0.25) is 4.90 Å². The van der Waals surface area contributed by atoms with Crippen LogP contribution in [0.5, 0.6) is 11.5 Å². The molecule has 0 aliphatic carbocycles. The number of benzene rings is 2. The van der Waals surface area contributed by atoms with E-state index >= 15 is 0 Å².